The van der Waals surface area contributed by atoms with Crippen LogP contribution in [-0.4, -0.2) is 37.5 Å². The molecule has 150 valence electrons. The number of esters is 1. The van der Waals surface area contributed by atoms with Crippen LogP contribution in [0, 0.1) is 5.92 Å². The summed E-state index contributed by atoms with van der Waals surface area (Å²) >= 11 is 1.28. The topological polar surface area (TPSA) is 93.7 Å². The van der Waals surface area contributed by atoms with E-state index in [1.165, 1.54) is 11.3 Å². The Hall–Kier alpha value is -2.87. The number of methoxy groups -OCH3 is 1. The van der Waals surface area contributed by atoms with Crippen LogP contribution in [-0.2, 0) is 20.9 Å². The summed E-state index contributed by atoms with van der Waals surface area (Å²) in [7, 11) is 1.55. The van der Waals surface area contributed by atoms with E-state index >= 15 is 0 Å². The SMILES string of the molecule is COc1ccccc1CNC(=O)COC(=O)[C@@H](NC(=O)c1cccs1)C(C)C. The minimum Gasteiger partial charge on any atom is -0.496 e. The molecule has 2 amide bonds. The molecule has 0 unspecified atom stereocenters. The monoisotopic (exact) mass is 404 g/mol. The van der Waals surface area contributed by atoms with Gasteiger partial charge in [0, 0.05) is 12.1 Å². The van der Waals surface area contributed by atoms with Crippen molar-refractivity contribution >= 4 is 29.1 Å². The second-order valence-electron chi connectivity index (χ2n) is 6.37. The van der Waals surface area contributed by atoms with Crippen LogP contribution in [0.4, 0.5) is 0 Å². The molecule has 1 heterocycles. The number of hydrogen-bond acceptors (Lipinski definition) is 6. The van der Waals surface area contributed by atoms with Crippen LogP contribution in [0.25, 0.3) is 0 Å². The summed E-state index contributed by atoms with van der Waals surface area (Å²) < 4.78 is 10.3. The van der Waals surface area contributed by atoms with E-state index in [1.807, 2.05) is 18.2 Å². The zero-order valence-electron chi connectivity index (χ0n) is 16.1. The number of rotatable bonds is 9. The molecule has 2 rings (SSSR count). The molecule has 2 N–H and O–H groups in total. The van der Waals surface area contributed by atoms with Gasteiger partial charge in [0.25, 0.3) is 11.8 Å². The van der Waals surface area contributed by atoms with Gasteiger partial charge >= 0.3 is 5.97 Å². The predicted octanol–water partition coefficient (Wildman–Crippen LogP) is 2.37. The number of ether oxygens (including phenoxy) is 2. The lowest BCUT2D eigenvalue weighted by Crippen LogP contribution is -2.46. The summed E-state index contributed by atoms with van der Waals surface area (Å²) in [6, 6.07) is 9.90. The second-order valence-corrected chi connectivity index (χ2v) is 7.32. The smallest absolute Gasteiger partial charge is 0.329 e. The van der Waals surface area contributed by atoms with Crippen molar-refractivity contribution in [3.05, 3.63) is 52.2 Å². The Morgan fingerprint density at radius 1 is 1.11 bits per heavy atom. The predicted molar refractivity (Wildman–Crippen MR) is 106 cm³/mol. The van der Waals surface area contributed by atoms with E-state index in [1.54, 1.807) is 44.5 Å². The molecule has 0 radical (unpaired) electrons. The highest BCUT2D eigenvalue weighted by molar-refractivity contribution is 7.12. The Labute approximate surface area is 168 Å². The first-order chi connectivity index (χ1) is 13.4. The molecule has 0 bridgehead atoms. The summed E-state index contributed by atoms with van der Waals surface area (Å²) in [6.45, 7) is 3.42. The van der Waals surface area contributed by atoms with Gasteiger partial charge in [-0.2, -0.15) is 0 Å². The van der Waals surface area contributed by atoms with Crippen molar-refractivity contribution in [1.29, 1.82) is 0 Å². The van der Waals surface area contributed by atoms with Gasteiger partial charge in [0.05, 0.1) is 12.0 Å². The van der Waals surface area contributed by atoms with E-state index in [4.69, 9.17) is 9.47 Å². The highest BCUT2D eigenvalue weighted by Crippen LogP contribution is 2.16. The van der Waals surface area contributed by atoms with Gasteiger partial charge < -0.3 is 20.1 Å². The standard InChI is InChI=1S/C20H24N2O5S/c1-13(2)18(22-19(24)16-9-6-10-28-16)20(25)27-12-17(23)21-11-14-7-4-5-8-15(14)26-3/h4-10,13,18H,11-12H2,1-3H3,(H,21,23)(H,22,24)/t18-/m0/s1. The molecule has 0 fully saturated rings. The van der Waals surface area contributed by atoms with Gasteiger partial charge in [-0.1, -0.05) is 38.1 Å². The van der Waals surface area contributed by atoms with Crippen LogP contribution in [0.2, 0.25) is 0 Å². The Morgan fingerprint density at radius 3 is 2.50 bits per heavy atom. The van der Waals surface area contributed by atoms with E-state index < -0.39 is 24.5 Å². The molecule has 0 spiro atoms. The molecule has 0 aliphatic heterocycles. The summed E-state index contributed by atoms with van der Waals surface area (Å²) in [5, 5.41) is 7.12. The first-order valence-electron chi connectivity index (χ1n) is 8.82. The van der Waals surface area contributed by atoms with Crippen molar-refractivity contribution in [3.8, 4) is 5.75 Å². The zero-order valence-corrected chi connectivity index (χ0v) is 16.9. The van der Waals surface area contributed by atoms with Crippen LogP contribution < -0.4 is 15.4 Å². The molecule has 7 nitrogen and oxygen atoms in total. The van der Waals surface area contributed by atoms with Gasteiger partial charge in [0.2, 0.25) is 0 Å². The third-order valence-corrected chi connectivity index (χ3v) is 4.83. The average Bonchev–Trinajstić information content (AvgIpc) is 3.23. The summed E-state index contributed by atoms with van der Waals surface area (Å²) in [6.07, 6.45) is 0. The molecule has 0 saturated carbocycles. The average molecular weight is 404 g/mol. The molecule has 0 saturated heterocycles. The zero-order chi connectivity index (χ0) is 20.5. The molecule has 1 aromatic heterocycles. The van der Waals surface area contributed by atoms with Gasteiger partial charge in [-0.15, -0.1) is 11.3 Å². The van der Waals surface area contributed by atoms with Crippen LogP contribution >= 0.6 is 11.3 Å². The quantitative estimate of drug-likeness (QED) is 0.626. The van der Waals surface area contributed by atoms with Crippen molar-refractivity contribution < 1.29 is 23.9 Å². The summed E-state index contributed by atoms with van der Waals surface area (Å²) in [5.41, 5.74) is 0.813. The van der Waals surface area contributed by atoms with Crippen molar-refractivity contribution in [2.24, 2.45) is 5.92 Å². The van der Waals surface area contributed by atoms with Crippen LogP contribution in [0.1, 0.15) is 29.1 Å². The fraction of sp³-hybridized carbons (Fsp3) is 0.350. The van der Waals surface area contributed by atoms with E-state index in [2.05, 4.69) is 10.6 Å². The molecule has 0 aliphatic carbocycles. The van der Waals surface area contributed by atoms with Crippen molar-refractivity contribution in [1.82, 2.24) is 10.6 Å². The number of thiophene rings is 1. The van der Waals surface area contributed by atoms with Gasteiger partial charge in [0.15, 0.2) is 6.61 Å². The van der Waals surface area contributed by atoms with Crippen LogP contribution in [0.3, 0.4) is 0 Å². The van der Waals surface area contributed by atoms with E-state index in [-0.39, 0.29) is 18.4 Å². The Morgan fingerprint density at radius 2 is 1.86 bits per heavy atom. The highest BCUT2D eigenvalue weighted by Gasteiger charge is 2.27. The molecule has 0 aliphatic rings. The summed E-state index contributed by atoms with van der Waals surface area (Å²) in [4.78, 5) is 37.0. The maximum absolute atomic E-state index is 12.3. The molecule has 8 heteroatoms. The molecular weight excluding hydrogens is 380 g/mol. The lowest BCUT2D eigenvalue weighted by Gasteiger charge is -2.20. The molecule has 28 heavy (non-hydrogen) atoms. The Kier molecular flexibility index (Phi) is 8.01. The van der Waals surface area contributed by atoms with Crippen LogP contribution in [0.15, 0.2) is 41.8 Å². The van der Waals surface area contributed by atoms with Gasteiger partial charge in [-0.25, -0.2) is 4.79 Å². The largest absolute Gasteiger partial charge is 0.496 e. The van der Waals surface area contributed by atoms with Crippen molar-refractivity contribution in [3.63, 3.8) is 0 Å². The number of carbonyl (C=O) groups is 3. The first kappa shape index (κ1) is 21.4. The van der Waals surface area contributed by atoms with Gasteiger partial charge in [-0.3, -0.25) is 9.59 Å². The van der Waals surface area contributed by atoms with Crippen molar-refractivity contribution in [2.75, 3.05) is 13.7 Å². The number of hydrogen-bond donors (Lipinski definition) is 2. The number of nitrogens with one attached hydrogen (secondary N) is 2. The third-order valence-electron chi connectivity index (χ3n) is 3.97. The fourth-order valence-electron chi connectivity index (χ4n) is 2.44. The van der Waals surface area contributed by atoms with Gasteiger partial charge in [0.1, 0.15) is 11.8 Å². The number of amides is 2. The number of carbonyl (C=O) groups excluding carboxylic acids is 3. The molecular formula is C20H24N2O5S. The minimum atomic E-state index is -0.836. The summed E-state index contributed by atoms with van der Waals surface area (Å²) in [5.74, 6) is -0.950. The van der Waals surface area contributed by atoms with E-state index in [9.17, 15) is 14.4 Å². The Bertz CT molecular complexity index is 805. The lowest BCUT2D eigenvalue weighted by molar-refractivity contribution is -0.151. The third kappa shape index (κ3) is 6.09. The maximum Gasteiger partial charge on any atom is 0.329 e. The van der Waals surface area contributed by atoms with Crippen LogP contribution in [0.5, 0.6) is 5.75 Å². The second kappa shape index (κ2) is 10.5. The first-order valence-corrected chi connectivity index (χ1v) is 9.70. The molecule has 1 aromatic carbocycles. The number of benzene rings is 1. The van der Waals surface area contributed by atoms with Crippen molar-refractivity contribution in [2.45, 2.75) is 26.4 Å². The Balaban J connectivity index is 1.84. The maximum atomic E-state index is 12.3. The lowest BCUT2D eigenvalue weighted by atomic mass is 10.0. The normalized spacial score (nSPS) is 11.6. The molecule has 2 aromatic rings. The fourth-order valence-corrected chi connectivity index (χ4v) is 3.07. The van der Waals surface area contributed by atoms with E-state index in [0.717, 1.165) is 5.56 Å². The number of para-hydroxylation sites is 1. The highest BCUT2D eigenvalue weighted by atomic mass is 32.1. The van der Waals surface area contributed by atoms with E-state index in [0.29, 0.717) is 10.6 Å². The molecule has 1 atom stereocenters. The minimum absolute atomic E-state index is 0.187. The van der Waals surface area contributed by atoms with Gasteiger partial charge in [-0.05, 0) is 23.4 Å².